The van der Waals surface area contributed by atoms with Crippen LogP contribution in [-0.4, -0.2) is 54.2 Å². The van der Waals surface area contributed by atoms with Gasteiger partial charge >= 0.3 is 0 Å². The molecule has 4 rings (SSSR count). The van der Waals surface area contributed by atoms with Crippen molar-refractivity contribution >= 4 is 21.6 Å². The molecule has 0 aliphatic carbocycles. The molecule has 1 fully saturated rings. The van der Waals surface area contributed by atoms with E-state index in [2.05, 4.69) is 15.6 Å². The van der Waals surface area contributed by atoms with Crippen molar-refractivity contribution < 1.29 is 13.2 Å². The van der Waals surface area contributed by atoms with Gasteiger partial charge in [-0.15, -0.1) is 0 Å². The molecule has 1 aliphatic heterocycles. The van der Waals surface area contributed by atoms with E-state index in [4.69, 9.17) is 0 Å². The van der Waals surface area contributed by atoms with Crippen molar-refractivity contribution in [1.29, 1.82) is 0 Å². The van der Waals surface area contributed by atoms with Crippen LogP contribution in [0.2, 0.25) is 0 Å². The van der Waals surface area contributed by atoms with Gasteiger partial charge < -0.3 is 15.0 Å². The van der Waals surface area contributed by atoms with E-state index in [-0.39, 0.29) is 10.8 Å². The maximum absolute atomic E-state index is 12.9. The van der Waals surface area contributed by atoms with Crippen LogP contribution in [0.25, 0.3) is 5.65 Å². The van der Waals surface area contributed by atoms with Crippen molar-refractivity contribution in [2.75, 3.05) is 26.2 Å². The van der Waals surface area contributed by atoms with Gasteiger partial charge in [-0.25, -0.2) is 13.4 Å². The minimum Gasteiger partial charge on any atom is -0.348 e. The van der Waals surface area contributed by atoms with Gasteiger partial charge in [0.1, 0.15) is 5.65 Å². The van der Waals surface area contributed by atoms with Gasteiger partial charge in [0.2, 0.25) is 10.0 Å². The average molecular weight is 428 g/mol. The van der Waals surface area contributed by atoms with Gasteiger partial charge in [0.25, 0.3) is 5.91 Å². The first-order valence-electron chi connectivity index (χ1n) is 10.0. The molecule has 1 aliphatic rings. The molecule has 30 heavy (non-hydrogen) atoms. The maximum Gasteiger partial charge on any atom is 0.253 e. The summed E-state index contributed by atoms with van der Waals surface area (Å²) in [4.78, 5) is 16.9. The fourth-order valence-corrected chi connectivity index (χ4v) is 5.02. The van der Waals surface area contributed by atoms with Crippen molar-refractivity contribution in [2.45, 2.75) is 24.3 Å². The predicted octanol–water partition coefficient (Wildman–Crippen LogP) is 1.64. The van der Waals surface area contributed by atoms with Gasteiger partial charge in [-0.05, 0) is 55.8 Å². The Labute approximate surface area is 176 Å². The molecule has 3 heterocycles. The maximum atomic E-state index is 12.9. The van der Waals surface area contributed by atoms with Gasteiger partial charge in [-0.3, -0.25) is 4.79 Å². The first kappa shape index (κ1) is 20.5. The minimum atomic E-state index is -3.50. The predicted molar refractivity (Wildman–Crippen MR) is 114 cm³/mol. The van der Waals surface area contributed by atoms with Crippen LogP contribution < -0.4 is 10.6 Å². The van der Waals surface area contributed by atoms with E-state index in [1.165, 1.54) is 0 Å². The third-order valence-electron chi connectivity index (χ3n) is 5.19. The lowest BCUT2D eigenvalue weighted by atomic mass is 10.2. The standard InChI is InChI=1S/C21H25N5O3S/c27-21(18-5-8-20-23-11-14-25(20)16-18)24-15-17-3-6-19(7-4-17)30(28,29)26-12-1-9-22-10-2-13-26/h3-8,11,14,16,22H,1-2,9-10,12-13,15H2,(H,24,27). The van der Waals surface area contributed by atoms with Gasteiger partial charge in [0, 0.05) is 38.2 Å². The number of fused-ring (bicyclic) bond motifs is 1. The lowest BCUT2D eigenvalue weighted by molar-refractivity contribution is 0.0950. The largest absolute Gasteiger partial charge is 0.348 e. The Kier molecular flexibility index (Phi) is 6.12. The number of sulfonamides is 1. The van der Waals surface area contributed by atoms with Crippen LogP contribution in [0.4, 0.5) is 0 Å². The number of nitrogens with one attached hydrogen (secondary N) is 2. The van der Waals surface area contributed by atoms with Crippen molar-refractivity contribution in [3.8, 4) is 0 Å². The van der Waals surface area contributed by atoms with Gasteiger partial charge in [0.15, 0.2) is 0 Å². The zero-order chi connectivity index (χ0) is 21.0. The van der Waals surface area contributed by atoms with Crippen molar-refractivity contribution in [2.24, 2.45) is 0 Å². The summed E-state index contributed by atoms with van der Waals surface area (Å²) >= 11 is 0. The Bertz CT molecular complexity index is 1120. The zero-order valence-electron chi connectivity index (χ0n) is 16.6. The van der Waals surface area contributed by atoms with E-state index in [0.717, 1.165) is 37.1 Å². The Hall–Kier alpha value is -2.75. The van der Waals surface area contributed by atoms with Crippen molar-refractivity contribution in [3.05, 3.63) is 66.1 Å². The van der Waals surface area contributed by atoms with Crippen LogP contribution in [0.1, 0.15) is 28.8 Å². The fraction of sp³-hybridized carbons (Fsp3) is 0.333. The quantitative estimate of drug-likeness (QED) is 0.645. The highest BCUT2D eigenvalue weighted by molar-refractivity contribution is 7.89. The summed E-state index contributed by atoms with van der Waals surface area (Å²) in [6.45, 7) is 3.02. The monoisotopic (exact) mass is 427 g/mol. The summed E-state index contributed by atoms with van der Waals surface area (Å²) in [6, 6.07) is 10.2. The van der Waals surface area contributed by atoms with Crippen molar-refractivity contribution in [3.63, 3.8) is 0 Å². The topological polar surface area (TPSA) is 95.8 Å². The third-order valence-corrected chi connectivity index (χ3v) is 7.10. The molecule has 2 aromatic heterocycles. The smallest absolute Gasteiger partial charge is 0.253 e. The summed E-state index contributed by atoms with van der Waals surface area (Å²) in [5, 5.41) is 6.16. The number of hydrogen-bond acceptors (Lipinski definition) is 5. The number of carbonyl (C=O) groups excluding carboxylic acids is 1. The number of carbonyl (C=O) groups is 1. The lowest BCUT2D eigenvalue weighted by Gasteiger charge is -2.24. The normalized spacial score (nSPS) is 16.1. The average Bonchev–Trinajstić information content (AvgIpc) is 3.19. The highest BCUT2D eigenvalue weighted by Gasteiger charge is 2.24. The number of pyridine rings is 1. The molecule has 0 unspecified atom stereocenters. The van der Waals surface area contributed by atoms with E-state index in [1.54, 1.807) is 63.7 Å². The van der Waals surface area contributed by atoms with Crippen LogP contribution >= 0.6 is 0 Å². The van der Waals surface area contributed by atoms with Crippen LogP contribution in [0, 0.1) is 0 Å². The molecule has 0 saturated carbocycles. The van der Waals surface area contributed by atoms with Gasteiger partial charge in [-0.1, -0.05) is 12.1 Å². The summed E-state index contributed by atoms with van der Waals surface area (Å²) in [5.74, 6) is -0.198. The van der Waals surface area contributed by atoms with E-state index in [1.807, 2.05) is 0 Å². The molecule has 0 radical (unpaired) electrons. The number of rotatable bonds is 5. The van der Waals surface area contributed by atoms with Crippen LogP contribution in [0.3, 0.4) is 0 Å². The minimum absolute atomic E-state index is 0.198. The Morgan fingerprint density at radius 3 is 2.53 bits per heavy atom. The van der Waals surface area contributed by atoms with E-state index in [0.29, 0.717) is 25.2 Å². The molecule has 0 spiro atoms. The Morgan fingerprint density at radius 2 is 1.80 bits per heavy atom. The molecule has 2 N–H and O–H groups in total. The SMILES string of the molecule is O=C(NCc1ccc(S(=O)(=O)N2CCCNCCC2)cc1)c1ccc2nccn2c1. The second-order valence-electron chi connectivity index (χ2n) is 7.30. The third kappa shape index (κ3) is 4.53. The second-order valence-corrected chi connectivity index (χ2v) is 9.24. The van der Waals surface area contributed by atoms with E-state index in [9.17, 15) is 13.2 Å². The highest BCUT2D eigenvalue weighted by atomic mass is 32.2. The number of amides is 1. The molecular formula is C21H25N5O3S. The lowest BCUT2D eigenvalue weighted by Crippen LogP contribution is -2.38. The summed E-state index contributed by atoms with van der Waals surface area (Å²) in [6.07, 6.45) is 6.79. The van der Waals surface area contributed by atoms with E-state index >= 15 is 0 Å². The molecule has 0 atom stereocenters. The molecule has 1 saturated heterocycles. The van der Waals surface area contributed by atoms with Crippen molar-refractivity contribution in [1.82, 2.24) is 24.3 Å². The zero-order valence-corrected chi connectivity index (χ0v) is 17.4. The fourth-order valence-electron chi connectivity index (χ4n) is 3.51. The van der Waals surface area contributed by atoms with Crippen LogP contribution in [0.15, 0.2) is 59.9 Å². The summed E-state index contributed by atoms with van der Waals surface area (Å²) in [5.41, 5.74) is 2.15. The molecule has 1 amide bonds. The molecular weight excluding hydrogens is 402 g/mol. The second kappa shape index (κ2) is 8.95. The van der Waals surface area contributed by atoms with Crippen LogP contribution in [0.5, 0.6) is 0 Å². The number of aromatic nitrogens is 2. The first-order chi connectivity index (χ1) is 14.5. The summed E-state index contributed by atoms with van der Waals surface area (Å²) in [7, 11) is -3.50. The molecule has 158 valence electrons. The van der Waals surface area contributed by atoms with Crippen LogP contribution in [-0.2, 0) is 16.6 Å². The first-order valence-corrected chi connectivity index (χ1v) is 11.5. The molecule has 9 heteroatoms. The molecule has 0 bridgehead atoms. The number of imidazole rings is 1. The number of nitrogens with zero attached hydrogens (tertiary/aromatic N) is 3. The molecule has 8 nitrogen and oxygen atoms in total. The molecule has 1 aromatic carbocycles. The summed E-state index contributed by atoms with van der Waals surface area (Å²) < 4.78 is 29.2. The highest BCUT2D eigenvalue weighted by Crippen LogP contribution is 2.18. The number of benzene rings is 1. The number of hydrogen-bond donors (Lipinski definition) is 2. The van der Waals surface area contributed by atoms with Gasteiger partial charge in [0.05, 0.1) is 10.5 Å². The Balaban J connectivity index is 1.39. The van der Waals surface area contributed by atoms with Gasteiger partial charge in [-0.2, -0.15) is 4.31 Å². The van der Waals surface area contributed by atoms with E-state index < -0.39 is 10.0 Å². The molecule has 3 aromatic rings. The Morgan fingerprint density at radius 1 is 1.07 bits per heavy atom.